The van der Waals surface area contributed by atoms with Gasteiger partial charge >= 0.3 is 0 Å². The molecule has 0 radical (unpaired) electrons. The minimum Gasteiger partial charge on any atom is -0.301 e. The summed E-state index contributed by atoms with van der Waals surface area (Å²) in [6, 6.07) is 13.8. The van der Waals surface area contributed by atoms with E-state index in [-0.39, 0.29) is 11.3 Å². The van der Waals surface area contributed by atoms with Crippen molar-refractivity contribution in [1.29, 1.82) is 0 Å². The Kier molecular flexibility index (Phi) is 5.69. The van der Waals surface area contributed by atoms with Crippen molar-refractivity contribution >= 4 is 50.4 Å². The Bertz CT molecular complexity index is 1040. The fourth-order valence-corrected chi connectivity index (χ4v) is 3.28. The first kappa shape index (κ1) is 18.2. The van der Waals surface area contributed by atoms with Crippen LogP contribution in [-0.4, -0.2) is 27.5 Å². The molecular formula is C17H13BrN4O3S. The zero-order chi connectivity index (χ0) is 18.5. The number of rotatable bonds is 4. The van der Waals surface area contributed by atoms with E-state index >= 15 is 0 Å². The molecule has 9 heteroatoms. The van der Waals surface area contributed by atoms with Crippen molar-refractivity contribution in [2.24, 2.45) is 0 Å². The van der Waals surface area contributed by atoms with Crippen molar-refractivity contribution in [2.75, 3.05) is 5.75 Å². The van der Waals surface area contributed by atoms with Gasteiger partial charge < -0.3 is 4.98 Å². The second-order valence-corrected chi connectivity index (χ2v) is 6.98. The number of hydrogen-bond donors (Lipinski definition) is 3. The third kappa shape index (κ3) is 4.30. The van der Waals surface area contributed by atoms with E-state index in [0.717, 1.165) is 11.8 Å². The van der Waals surface area contributed by atoms with E-state index in [4.69, 9.17) is 0 Å². The van der Waals surface area contributed by atoms with Gasteiger partial charge in [0.05, 0.1) is 22.2 Å². The number of H-pyrrole nitrogens is 1. The highest BCUT2D eigenvalue weighted by molar-refractivity contribution is 9.10. The number of benzene rings is 2. The van der Waals surface area contributed by atoms with E-state index in [2.05, 4.69) is 36.7 Å². The van der Waals surface area contributed by atoms with Crippen LogP contribution in [0.15, 0.2) is 63.0 Å². The van der Waals surface area contributed by atoms with Crippen LogP contribution in [0, 0.1) is 0 Å². The molecule has 2 aromatic carbocycles. The maximum Gasteiger partial charge on any atom is 0.270 e. The van der Waals surface area contributed by atoms with Crippen molar-refractivity contribution in [3.8, 4) is 0 Å². The number of aromatic amines is 1. The number of nitrogens with zero attached hydrogens (tertiary/aromatic N) is 1. The van der Waals surface area contributed by atoms with Crippen LogP contribution in [0.1, 0.15) is 10.4 Å². The van der Waals surface area contributed by atoms with E-state index in [0.29, 0.717) is 26.1 Å². The lowest BCUT2D eigenvalue weighted by molar-refractivity contribution is -0.119. The number of carbonyl (C=O) groups excluding carboxylic acids is 2. The molecule has 0 fully saturated rings. The normalized spacial score (nSPS) is 10.5. The molecule has 26 heavy (non-hydrogen) atoms. The Labute approximate surface area is 160 Å². The number of aromatic nitrogens is 2. The lowest BCUT2D eigenvalue weighted by Gasteiger charge is -2.08. The fraction of sp³-hybridized carbons (Fsp3) is 0.0588. The molecule has 2 amide bonds. The quantitative estimate of drug-likeness (QED) is 0.333. The standard InChI is InChI=1S/C17H13BrN4O3S/c18-12-7-3-1-5-10(12)16(25)22-21-14(23)9-26-17-19-13-8-4-2-6-11(13)15(24)20-17/h1-8H,9H2,(H,21,23)(H,22,25)(H,19,20,24). The Balaban J connectivity index is 1.57. The fourth-order valence-electron chi connectivity index (χ4n) is 2.14. The number of halogens is 1. The number of nitrogens with one attached hydrogen (secondary N) is 3. The zero-order valence-electron chi connectivity index (χ0n) is 13.3. The van der Waals surface area contributed by atoms with Crippen LogP contribution in [0.2, 0.25) is 0 Å². The number of para-hydroxylation sites is 1. The average Bonchev–Trinajstić information content (AvgIpc) is 2.65. The van der Waals surface area contributed by atoms with E-state index in [1.807, 2.05) is 0 Å². The van der Waals surface area contributed by atoms with Crippen molar-refractivity contribution in [1.82, 2.24) is 20.8 Å². The second-order valence-electron chi connectivity index (χ2n) is 5.16. The number of thioether (sulfide) groups is 1. The van der Waals surface area contributed by atoms with E-state index in [1.165, 1.54) is 0 Å². The molecule has 1 heterocycles. The number of hydrazine groups is 1. The highest BCUT2D eigenvalue weighted by atomic mass is 79.9. The Hall–Kier alpha value is -2.65. The van der Waals surface area contributed by atoms with Crippen molar-refractivity contribution in [3.63, 3.8) is 0 Å². The first-order chi connectivity index (χ1) is 12.5. The molecule has 3 rings (SSSR count). The maximum absolute atomic E-state index is 12.0. The van der Waals surface area contributed by atoms with Crippen LogP contribution in [0.25, 0.3) is 10.9 Å². The lowest BCUT2D eigenvalue weighted by atomic mass is 10.2. The first-order valence-corrected chi connectivity index (χ1v) is 9.28. The van der Waals surface area contributed by atoms with Gasteiger partial charge in [-0.2, -0.15) is 0 Å². The van der Waals surface area contributed by atoms with Crippen LogP contribution < -0.4 is 16.4 Å². The summed E-state index contributed by atoms with van der Waals surface area (Å²) in [7, 11) is 0. The van der Waals surface area contributed by atoms with Crippen molar-refractivity contribution < 1.29 is 9.59 Å². The third-order valence-electron chi connectivity index (χ3n) is 3.37. The summed E-state index contributed by atoms with van der Waals surface area (Å²) in [6.45, 7) is 0. The molecule has 132 valence electrons. The summed E-state index contributed by atoms with van der Waals surface area (Å²) < 4.78 is 0.624. The molecule has 0 saturated carbocycles. The van der Waals surface area contributed by atoms with Gasteiger partial charge in [-0.25, -0.2) is 4.98 Å². The molecular weight excluding hydrogens is 420 g/mol. The molecule has 0 aliphatic rings. The van der Waals surface area contributed by atoms with Gasteiger partial charge in [0, 0.05) is 4.47 Å². The maximum atomic E-state index is 12.0. The lowest BCUT2D eigenvalue weighted by Crippen LogP contribution is -2.42. The number of amides is 2. The van der Waals surface area contributed by atoms with Crippen LogP contribution in [-0.2, 0) is 4.79 Å². The SMILES string of the molecule is O=C(CSc1nc2ccccc2c(=O)[nH]1)NNC(=O)c1ccccc1Br. The molecule has 7 nitrogen and oxygen atoms in total. The Morgan fingerprint density at radius 2 is 1.81 bits per heavy atom. The summed E-state index contributed by atoms with van der Waals surface area (Å²) in [6.07, 6.45) is 0. The largest absolute Gasteiger partial charge is 0.301 e. The van der Waals surface area contributed by atoms with Gasteiger partial charge in [0.25, 0.3) is 11.5 Å². The summed E-state index contributed by atoms with van der Waals surface area (Å²) in [5.41, 5.74) is 5.37. The monoisotopic (exact) mass is 432 g/mol. The Morgan fingerprint density at radius 1 is 1.08 bits per heavy atom. The highest BCUT2D eigenvalue weighted by Gasteiger charge is 2.11. The minimum atomic E-state index is -0.437. The van der Waals surface area contributed by atoms with Gasteiger partial charge in [-0.15, -0.1) is 0 Å². The van der Waals surface area contributed by atoms with Gasteiger partial charge in [-0.05, 0) is 40.2 Å². The number of fused-ring (bicyclic) bond motifs is 1. The van der Waals surface area contributed by atoms with Gasteiger partial charge in [-0.1, -0.05) is 36.0 Å². The molecule has 0 aliphatic heterocycles. The predicted octanol–water partition coefficient (Wildman–Crippen LogP) is 2.24. The van der Waals surface area contributed by atoms with Crippen LogP contribution in [0.4, 0.5) is 0 Å². The van der Waals surface area contributed by atoms with Gasteiger partial charge in [0.2, 0.25) is 5.91 Å². The molecule has 0 bridgehead atoms. The molecule has 0 unspecified atom stereocenters. The molecule has 3 N–H and O–H groups in total. The van der Waals surface area contributed by atoms with Crippen LogP contribution in [0.3, 0.4) is 0 Å². The minimum absolute atomic E-state index is 0.0163. The van der Waals surface area contributed by atoms with E-state index in [1.54, 1.807) is 48.5 Å². The highest BCUT2D eigenvalue weighted by Crippen LogP contribution is 2.16. The van der Waals surface area contributed by atoms with Crippen molar-refractivity contribution in [2.45, 2.75) is 5.16 Å². The predicted molar refractivity (Wildman–Crippen MR) is 103 cm³/mol. The Morgan fingerprint density at radius 3 is 2.62 bits per heavy atom. The number of hydrogen-bond acceptors (Lipinski definition) is 5. The topological polar surface area (TPSA) is 104 Å². The second kappa shape index (κ2) is 8.15. The van der Waals surface area contributed by atoms with Crippen LogP contribution in [0.5, 0.6) is 0 Å². The van der Waals surface area contributed by atoms with Gasteiger partial charge in [0.15, 0.2) is 5.16 Å². The van der Waals surface area contributed by atoms with E-state index in [9.17, 15) is 14.4 Å². The van der Waals surface area contributed by atoms with Gasteiger partial charge in [0.1, 0.15) is 0 Å². The average molecular weight is 433 g/mol. The third-order valence-corrected chi connectivity index (χ3v) is 4.93. The molecule has 1 aromatic heterocycles. The molecule has 0 saturated heterocycles. The summed E-state index contributed by atoms with van der Waals surface area (Å²) in [5.74, 6) is -0.878. The summed E-state index contributed by atoms with van der Waals surface area (Å²) >= 11 is 4.34. The molecule has 3 aromatic rings. The molecule has 0 atom stereocenters. The zero-order valence-corrected chi connectivity index (χ0v) is 15.7. The summed E-state index contributed by atoms with van der Waals surface area (Å²) in [5, 5.41) is 0.822. The first-order valence-electron chi connectivity index (χ1n) is 7.50. The van der Waals surface area contributed by atoms with Crippen LogP contribution >= 0.6 is 27.7 Å². The number of carbonyl (C=O) groups is 2. The smallest absolute Gasteiger partial charge is 0.270 e. The molecule has 0 aliphatic carbocycles. The van der Waals surface area contributed by atoms with E-state index < -0.39 is 11.8 Å². The molecule has 0 spiro atoms. The van der Waals surface area contributed by atoms with Gasteiger partial charge in [-0.3, -0.25) is 25.2 Å². The summed E-state index contributed by atoms with van der Waals surface area (Å²) in [4.78, 5) is 42.8. The van der Waals surface area contributed by atoms with Crippen molar-refractivity contribution in [3.05, 3.63) is 68.9 Å².